The van der Waals surface area contributed by atoms with E-state index in [0.717, 1.165) is 31.7 Å². The van der Waals surface area contributed by atoms with Crippen molar-refractivity contribution < 1.29 is 0 Å². The summed E-state index contributed by atoms with van der Waals surface area (Å²) >= 11 is 0. The summed E-state index contributed by atoms with van der Waals surface area (Å²) in [4.78, 5) is 2.49. The molecule has 106 valence electrons. The predicted octanol–water partition coefficient (Wildman–Crippen LogP) is 3.72. The molecule has 0 aliphatic heterocycles. The molecule has 0 amide bonds. The Morgan fingerprint density at radius 3 is 2.40 bits per heavy atom. The van der Waals surface area contributed by atoms with Crippen LogP contribution in [0, 0.1) is 0 Å². The zero-order valence-electron chi connectivity index (χ0n) is 12.3. The second-order valence-electron chi connectivity index (χ2n) is 5.20. The van der Waals surface area contributed by atoms with Crippen LogP contribution >= 0.6 is 0 Å². The van der Waals surface area contributed by atoms with E-state index in [1.165, 1.54) is 17.5 Å². The first-order chi connectivity index (χ1) is 9.78. The number of nitrogen functional groups attached to an aromatic ring is 1. The number of hydrogen-bond donors (Lipinski definition) is 1. The quantitative estimate of drug-likeness (QED) is 0.775. The van der Waals surface area contributed by atoms with Gasteiger partial charge in [-0.1, -0.05) is 49.4 Å². The van der Waals surface area contributed by atoms with E-state index in [2.05, 4.69) is 54.3 Å². The summed E-state index contributed by atoms with van der Waals surface area (Å²) in [6, 6.07) is 18.9. The van der Waals surface area contributed by atoms with E-state index in [0.29, 0.717) is 0 Å². The minimum atomic E-state index is 0.860. The molecule has 2 rings (SSSR count). The molecule has 20 heavy (non-hydrogen) atoms. The lowest BCUT2D eigenvalue weighted by Gasteiger charge is -2.20. The van der Waals surface area contributed by atoms with Gasteiger partial charge in [0.15, 0.2) is 0 Å². The normalized spacial score (nSPS) is 10.9. The number of nitrogens with two attached hydrogens (primary N) is 1. The van der Waals surface area contributed by atoms with E-state index in [4.69, 9.17) is 5.73 Å². The van der Waals surface area contributed by atoms with E-state index in [9.17, 15) is 0 Å². The standard InChI is InChI=1S/C18H24N2/c1-2-20(15-17-8-4-3-5-9-17)13-7-11-16-10-6-12-18(19)14-16/h3-6,8-10,12,14H,2,7,11,13,15,19H2,1H3. The van der Waals surface area contributed by atoms with Gasteiger partial charge in [0.25, 0.3) is 0 Å². The van der Waals surface area contributed by atoms with Crippen LogP contribution in [0.3, 0.4) is 0 Å². The van der Waals surface area contributed by atoms with Crippen LogP contribution in [0.4, 0.5) is 5.69 Å². The fourth-order valence-corrected chi connectivity index (χ4v) is 2.45. The molecular weight excluding hydrogens is 244 g/mol. The van der Waals surface area contributed by atoms with Crippen molar-refractivity contribution in [3.8, 4) is 0 Å². The van der Waals surface area contributed by atoms with Gasteiger partial charge in [0, 0.05) is 12.2 Å². The molecule has 2 nitrogen and oxygen atoms in total. The number of rotatable bonds is 7. The van der Waals surface area contributed by atoms with Crippen molar-refractivity contribution >= 4 is 5.69 Å². The number of hydrogen-bond acceptors (Lipinski definition) is 2. The summed E-state index contributed by atoms with van der Waals surface area (Å²) in [5.74, 6) is 0. The molecule has 0 saturated carbocycles. The molecule has 0 unspecified atom stereocenters. The van der Waals surface area contributed by atoms with Crippen molar-refractivity contribution in [1.82, 2.24) is 4.90 Å². The molecule has 0 heterocycles. The van der Waals surface area contributed by atoms with Crippen LogP contribution in [-0.2, 0) is 13.0 Å². The zero-order chi connectivity index (χ0) is 14.2. The number of aryl methyl sites for hydroxylation is 1. The van der Waals surface area contributed by atoms with Gasteiger partial charge < -0.3 is 5.73 Å². The van der Waals surface area contributed by atoms with Crippen molar-refractivity contribution in [3.05, 3.63) is 65.7 Å². The third-order valence-electron chi connectivity index (χ3n) is 3.59. The van der Waals surface area contributed by atoms with Gasteiger partial charge in [0.2, 0.25) is 0 Å². The van der Waals surface area contributed by atoms with Gasteiger partial charge >= 0.3 is 0 Å². The summed E-state index contributed by atoms with van der Waals surface area (Å²) in [6.45, 7) is 5.48. The lowest BCUT2D eigenvalue weighted by atomic mass is 10.1. The summed E-state index contributed by atoms with van der Waals surface area (Å²) in [7, 11) is 0. The van der Waals surface area contributed by atoms with E-state index in [-0.39, 0.29) is 0 Å². The zero-order valence-corrected chi connectivity index (χ0v) is 12.3. The van der Waals surface area contributed by atoms with Gasteiger partial charge in [-0.25, -0.2) is 0 Å². The maximum Gasteiger partial charge on any atom is 0.0316 e. The molecule has 0 aromatic heterocycles. The highest BCUT2D eigenvalue weighted by Crippen LogP contribution is 2.10. The number of anilines is 1. The van der Waals surface area contributed by atoms with E-state index in [1.807, 2.05) is 12.1 Å². The minimum absolute atomic E-state index is 0.860. The molecule has 2 heteroatoms. The highest BCUT2D eigenvalue weighted by Gasteiger charge is 2.03. The van der Waals surface area contributed by atoms with Crippen LogP contribution in [0.15, 0.2) is 54.6 Å². The Labute approximate surface area is 122 Å². The largest absolute Gasteiger partial charge is 0.399 e. The van der Waals surface area contributed by atoms with E-state index in [1.54, 1.807) is 0 Å². The Morgan fingerprint density at radius 2 is 1.70 bits per heavy atom. The van der Waals surface area contributed by atoms with Crippen LogP contribution in [0.5, 0.6) is 0 Å². The lowest BCUT2D eigenvalue weighted by Crippen LogP contribution is -2.24. The average molecular weight is 268 g/mol. The third kappa shape index (κ3) is 4.71. The predicted molar refractivity (Wildman–Crippen MR) is 86.6 cm³/mol. The second kappa shape index (κ2) is 7.71. The first-order valence-corrected chi connectivity index (χ1v) is 7.38. The Bertz CT molecular complexity index is 508. The molecule has 2 N–H and O–H groups in total. The van der Waals surface area contributed by atoms with Gasteiger partial charge in [-0.2, -0.15) is 0 Å². The first kappa shape index (κ1) is 14.6. The molecular formula is C18H24N2. The molecule has 0 aliphatic carbocycles. The van der Waals surface area contributed by atoms with Crippen LogP contribution in [0.25, 0.3) is 0 Å². The van der Waals surface area contributed by atoms with Gasteiger partial charge in [-0.15, -0.1) is 0 Å². The molecule has 0 spiro atoms. The summed E-state index contributed by atoms with van der Waals surface area (Å²) < 4.78 is 0. The van der Waals surface area contributed by atoms with Crippen molar-refractivity contribution in [1.29, 1.82) is 0 Å². The highest BCUT2D eigenvalue weighted by atomic mass is 15.1. The topological polar surface area (TPSA) is 29.3 Å². The maximum atomic E-state index is 5.81. The van der Waals surface area contributed by atoms with Gasteiger partial charge in [0.1, 0.15) is 0 Å². The Hall–Kier alpha value is -1.80. The fourth-order valence-electron chi connectivity index (χ4n) is 2.45. The van der Waals surface area contributed by atoms with Crippen molar-refractivity contribution in [2.45, 2.75) is 26.3 Å². The van der Waals surface area contributed by atoms with E-state index < -0.39 is 0 Å². The fraction of sp³-hybridized carbons (Fsp3) is 0.333. The molecule has 0 aliphatic rings. The maximum absolute atomic E-state index is 5.81. The first-order valence-electron chi connectivity index (χ1n) is 7.38. The number of nitrogens with zero attached hydrogens (tertiary/aromatic N) is 1. The molecule has 0 saturated heterocycles. The van der Waals surface area contributed by atoms with E-state index >= 15 is 0 Å². The van der Waals surface area contributed by atoms with Crippen LogP contribution in [-0.4, -0.2) is 18.0 Å². The van der Waals surface area contributed by atoms with Crippen molar-refractivity contribution in [3.63, 3.8) is 0 Å². The number of benzene rings is 2. The van der Waals surface area contributed by atoms with Gasteiger partial charge in [-0.3, -0.25) is 4.90 Å². The summed E-state index contributed by atoms with van der Waals surface area (Å²) in [5.41, 5.74) is 9.39. The molecule has 2 aromatic rings. The van der Waals surface area contributed by atoms with Crippen LogP contribution < -0.4 is 5.73 Å². The molecule has 0 bridgehead atoms. The average Bonchev–Trinajstić information content (AvgIpc) is 2.47. The molecule has 2 aromatic carbocycles. The summed E-state index contributed by atoms with van der Waals surface area (Å²) in [5, 5.41) is 0. The molecule has 0 fully saturated rings. The smallest absolute Gasteiger partial charge is 0.0316 e. The summed E-state index contributed by atoms with van der Waals surface area (Å²) in [6.07, 6.45) is 2.26. The second-order valence-corrected chi connectivity index (χ2v) is 5.20. The highest BCUT2D eigenvalue weighted by molar-refractivity contribution is 5.40. The van der Waals surface area contributed by atoms with Crippen molar-refractivity contribution in [2.75, 3.05) is 18.8 Å². The van der Waals surface area contributed by atoms with Gasteiger partial charge in [0.05, 0.1) is 0 Å². The lowest BCUT2D eigenvalue weighted by molar-refractivity contribution is 0.276. The Balaban J connectivity index is 1.79. The van der Waals surface area contributed by atoms with Crippen LogP contribution in [0.2, 0.25) is 0 Å². The Kier molecular flexibility index (Phi) is 5.63. The SMILES string of the molecule is CCN(CCCc1cccc(N)c1)Cc1ccccc1. The monoisotopic (exact) mass is 268 g/mol. The molecule has 0 atom stereocenters. The minimum Gasteiger partial charge on any atom is -0.399 e. The van der Waals surface area contributed by atoms with Crippen LogP contribution in [0.1, 0.15) is 24.5 Å². The van der Waals surface area contributed by atoms with Gasteiger partial charge in [-0.05, 0) is 49.2 Å². The van der Waals surface area contributed by atoms with Crippen molar-refractivity contribution in [2.24, 2.45) is 0 Å². The third-order valence-corrected chi connectivity index (χ3v) is 3.59. The molecule has 0 radical (unpaired) electrons. The Morgan fingerprint density at radius 1 is 0.950 bits per heavy atom.